The average Bonchev–Trinajstić information content (AvgIpc) is 2.91. The molecule has 0 aliphatic carbocycles. The highest BCUT2D eigenvalue weighted by atomic mass is 35.5. The molecule has 124 valence electrons. The minimum atomic E-state index is -0.721. The molecule has 8 heteroatoms. The Morgan fingerprint density at radius 1 is 1.48 bits per heavy atom. The van der Waals surface area contributed by atoms with Crippen LogP contribution in [0.25, 0.3) is 0 Å². The van der Waals surface area contributed by atoms with E-state index in [0.29, 0.717) is 12.3 Å². The predicted octanol–water partition coefficient (Wildman–Crippen LogP) is 2.24. The van der Waals surface area contributed by atoms with Gasteiger partial charge in [0.1, 0.15) is 5.69 Å². The minimum absolute atomic E-state index is 0.0541. The number of nitrogens with one attached hydrogen (secondary N) is 1. The molecule has 2 aromatic rings. The van der Waals surface area contributed by atoms with Crippen LogP contribution < -0.4 is 10.1 Å². The van der Waals surface area contributed by atoms with Gasteiger partial charge in [0.15, 0.2) is 11.5 Å². The average molecular weight is 339 g/mol. The summed E-state index contributed by atoms with van der Waals surface area (Å²) < 4.78 is 6.85. The Bertz CT molecular complexity index is 728. The lowest BCUT2D eigenvalue weighted by Gasteiger charge is -2.24. The van der Waals surface area contributed by atoms with Crippen LogP contribution in [0.15, 0.2) is 18.3 Å². The minimum Gasteiger partial charge on any atom is -0.503 e. The lowest BCUT2D eigenvalue weighted by molar-refractivity contribution is 0.0910. The van der Waals surface area contributed by atoms with E-state index < -0.39 is 5.54 Å². The Morgan fingerprint density at radius 2 is 2.17 bits per heavy atom. The van der Waals surface area contributed by atoms with Crippen molar-refractivity contribution < 1.29 is 14.6 Å². The lowest BCUT2D eigenvalue weighted by atomic mass is 10.0. The van der Waals surface area contributed by atoms with Crippen LogP contribution >= 0.6 is 11.6 Å². The number of nitrogens with zero attached hydrogens (tertiary/aromatic N) is 3. The van der Waals surface area contributed by atoms with Crippen LogP contribution in [0.1, 0.15) is 36.8 Å². The number of phenolic OH excluding ortho intramolecular Hbond substituents is 1. The summed E-state index contributed by atoms with van der Waals surface area (Å²) in [6, 6.07) is 2.84. The van der Waals surface area contributed by atoms with Gasteiger partial charge in [0.05, 0.1) is 23.4 Å². The van der Waals surface area contributed by atoms with Gasteiger partial charge in [0.25, 0.3) is 5.91 Å². The number of aryl methyl sites for hydroxylation is 1. The normalized spacial score (nSPS) is 11.3. The Hall–Kier alpha value is -2.28. The predicted molar refractivity (Wildman–Crippen MR) is 85.8 cm³/mol. The highest BCUT2D eigenvalue weighted by molar-refractivity contribution is 6.32. The summed E-state index contributed by atoms with van der Waals surface area (Å²) >= 11 is 5.95. The molecule has 2 N–H and O–H groups in total. The van der Waals surface area contributed by atoms with E-state index in [1.807, 2.05) is 13.8 Å². The zero-order valence-corrected chi connectivity index (χ0v) is 14.2. The number of ether oxygens (including phenoxy) is 1. The molecule has 23 heavy (non-hydrogen) atoms. The van der Waals surface area contributed by atoms with Crippen LogP contribution in [0.3, 0.4) is 0 Å². The van der Waals surface area contributed by atoms with Crippen molar-refractivity contribution in [2.45, 2.75) is 26.3 Å². The van der Waals surface area contributed by atoms with E-state index in [0.717, 1.165) is 0 Å². The number of hydrogen-bond donors (Lipinski definition) is 2. The van der Waals surface area contributed by atoms with Gasteiger partial charge in [-0.3, -0.25) is 9.48 Å². The van der Waals surface area contributed by atoms with Gasteiger partial charge in [-0.1, -0.05) is 16.8 Å². The second-order valence-electron chi connectivity index (χ2n) is 5.59. The Morgan fingerprint density at radius 3 is 2.74 bits per heavy atom. The molecule has 0 aliphatic heterocycles. The Labute approximate surface area is 139 Å². The van der Waals surface area contributed by atoms with E-state index in [4.69, 9.17) is 16.3 Å². The number of hydrogen-bond acceptors (Lipinski definition) is 5. The van der Waals surface area contributed by atoms with Crippen molar-refractivity contribution >= 4 is 17.5 Å². The fourth-order valence-electron chi connectivity index (χ4n) is 2.02. The van der Waals surface area contributed by atoms with Crippen molar-refractivity contribution in [2.24, 2.45) is 7.05 Å². The Balaban J connectivity index is 2.27. The van der Waals surface area contributed by atoms with E-state index >= 15 is 0 Å². The number of benzene rings is 1. The topological polar surface area (TPSA) is 89.3 Å². The van der Waals surface area contributed by atoms with Crippen molar-refractivity contribution in [1.82, 2.24) is 20.3 Å². The zero-order valence-electron chi connectivity index (χ0n) is 13.4. The number of carbonyl (C=O) groups excluding carboxylic acids is 1. The molecule has 0 fully saturated rings. The van der Waals surface area contributed by atoms with E-state index in [2.05, 4.69) is 15.6 Å². The fraction of sp³-hybridized carbons (Fsp3) is 0.400. The molecule has 0 radical (unpaired) electrons. The summed E-state index contributed by atoms with van der Waals surface area (Å²) in [5.41, 5.74) is 0.193. The number of phenols is 1. The van der Waals surface area contributed by atoms with Crippen molar-refractivity contribution in [3.05, 3.63) is 34.6 Å². The number of rotatable bonds is 5. The molecular formula is C15H19ClN4O3. The third-order valence-corrected chi connectivity index (χ3v) is 3.55. The monoisotopic (exact) mass is 338 g/mol. The standard InChI is InChI=1S/C15H19ClN4O3/c1-5-23-11-7-9(6-10(16)13(11)21)14(22)17-15(2,3)12-8-20(4)19-18-12/h6-8,21H,5H2,1-4H3,(H,17,22). The highest BCUT2D eigenvalue weighted by Crippen LogP contribution is 2.35. The fourth-order valence-corrected chi connectivity index (χ4v) is 2.23. The molecule has 0 atom stereocenters. The number of aromatic nitrogens is 3. The first-order chi connectivity index (χ1) is 10.7. The first-order valence-corrected chi connectivity index (χ1v) is 7.47. The molecule has 0 unspecified atom stereocenters. The van der Waals surface area contributed by atoms with Gasteiger partial charge in [0, 0.05) is 12.6 Å². The van der Waals surface area contributed by atoms with Gasteiger partial charge >= 0.3 is 0 Å². The zero-order chi connectivity index (χ0) is 17.2. The molecule has 0 saturated heterocycles. The number of aromatic hydroxyl groups is 1. The highest BCUT2D eigenvalue weighted by Gasteiger charge is 2.27. The molecular weight excluding hydrogens is 320 g/mol. The molecule has 1 heterocycles. The third-order valence-electron chi connectivity index (χ3n) is 3.26. The summed E-state index contributed by atoms with van der Waals surface area (Å²) in [5.74, 6) is -0.371. The summed E-state index contributed by atoms with van der Waals surface area (Å²) in [4.78, 5) is 12.5. The molecule has 0 aliphatic rings. The molecule has 1 aromatic carbocycles. The first kappa shape index (κ1) is 17.1. The summed E-state index contributed by atoms with van der Waals surface area (Å²) in [5, 5.41) is 20.6. The molecule has 1 aromatic heterocycles. The van der Waals surface area contributed by atoms with Crippen LogP contribution in [0.4, 0.5) is 0 Å². The number of halogens is 1. The van der Waals surface area contributed by atoms with Crippen molar-refractivity contribution in [2.75, 3.05) is 6.61 Å². The maximum absolute atomic E-state index is 12.5. The summed E-state index contributed by atoms with van der Waals surface area (Å²) in [6.07, 6.45) is 1.73. The molecule has 0 saturated carbocycles. The van der Waals surface area contributed by atoms with Gasteiger partial charge in [-0.15, -0.1) is 5.10 Å². The van der Waals surface area contributed by atoms with Gasteiger partial charge in [-0.2, -0.15) is 0 Å². The van der Waals surface area contributed by atoms with E-state index in [-0.39, 0.29) is 28.0 Å². The van der Waals surface area contributed by atoms with Crippen LogP contribution in [0, 0.1) is 0 Å². The second kappa shape index (κ2) is 6.45. The van der Waals surface area contributed by atoms with Gasteiger partial charge in [-0.25, -0.2) is 0 Å². The molecule has 2 rings (SSSR count). The van der Waals surface area contributed by atoms with Crippen molar-refractivity contribution in [3.63, 3.8) is 0 Å². The maximum atomic E-state index is 12.5. The maximum Gasteiger partial charge on any atom is 0.252 e. The van der Waals surface area contributed by atoms with Gasteiger partial charge in [-0.05, 0) is 32.9 Å². The third kappa shape index (κ3) is 3.73. The first-order valence-electron chi connectivity index (χ1n) is 7.09. The summed E-state index contributed by atoms with van der Waals surface area (Å²) in [6.45, 7) is 5.76. The second-order valence-corrected chi connectivity index (χ2v) is 6.00. The molecule has 0 spiro atoms. The molecule has 7 nitrogen and oxygen atoms in total. The van der Waals surface area contributed by atoms with E-state index in [9.17, 15) is 9.90 Å². The summed E-state index contributed by atoms with van der Waals surface area (Å²) in [7, 11) is 1.75. The van der Waals surface area contributed by atoms with Crippen LogP contribution in [0.5, 0.6) is 11.5 Å². The molecule has 0 bridgehead atoms. The van der Waals surface area contributed by atoms with Crippen LogP contribution in [0.2, 0.25) is 5.02 Å². The quantitative estimate of drug-likeness (QED) is 0.872. The van der Waals surface area contributed by atoms with E-state index in [1.54, 1.807) is 24.9 Å². The van der Waals surface area contributed by atoms with Crippen molar-refractivity contribution in [1.29, 1.82) is 0 Å². The lowest BCUT2D eigenvalue weighted by Crippen LogP contribution is -2.41. The Kier molecular flexibility index (Phi) is 4.79. The van der Waals surface area contributed by atoms with Gasteiger partial charge < -0.3 is 15.2 Å². The number of amides is 1. The van der Waals surface area contributed by atoms with Crippen LogP contribution in [-0.4, -0.2) is 32.6 Å². The largest absolute Gasteiger partial charge is 0.503 e. The van der Waals surface area contributed by atoms with Crippen LogP contribution in [-0.2, 0) is 12.6 Å². The van der Waals surface area contributed by atoms with Gasteiger partial charge in [0.2, 0.25) is 0 Å². The smallest absolute Gasteiger partial charge is 0.252 e. The SMILES string of the molecule is CCOc1cc(C(=O)NC(C)(C)c2cn(C)nn2)cc(Cl)c1O. The van der Waals surface area contributed by atoms with E-state index in [1.165, 1.54) is 12.1 Å². The molecule has 1 amide bonds. The van der Waals surface area contributed by atoms with Crippen molar-refractivity contribution in [3.8, 4) is 11.5 Å². The number of carbonyl (C=O) groups is 1.